The highest BCUT2D eigenvalue weighted by Gasteiger charge is 2.37. The number of halogens is 3. The molecule has 0 amide bonds. The van der Waals surface area contributed by atoms with Crippen LogP contribution in [0.3, 0.4) is 0 Å². The average Bonchev–Trinajstić information content (AvgIpc) is 2.95. The van der Waals surface area contributed by atoms with E-state index in [0.717, 1.165) is 12.0 Å². The first-order valence-electron chi connectivity index (χ1n) is 5.05. The molecule has 0 spiro atoms. The van der Waals surface area contributed by atoms with Gasteiger partial charge >= 0.3 is 6.36 Å². The number of ether oxygens (including phenoxy) is 1. The Labute approximate surface area is 91.2 Å². The molecule has 0 radical (unpaired) electrons. The number of hydrogen-bond acceptors (Lipinski definition) is 2. The molecule has 1 fully saturated rings. The van der Waals surface area contributed by atoms with E-state index in [2.05, 4.69) is 4.74 Å². The lowest BCUT2D eigenvalue weighted by molar-refractivity contribution is -0.274. The van der Waals surface area contributed by atoms with Gasteiger partial charge in [-0.15, -0.1) is 13.2 Å². The summed E-state index contributed by atoms with van der Waals surface area (Å²) in [5.74, 6) is 0.709. The molecular weight excluding hydrogens is 219 g/mol. The summed E-state index contributed by atoms with van der Waals surface area (Å²) in [6.07, 6.45) is -3.60. The molecule has 16 heavy (non-hydrogen) atoms. The number of alkyl halides is 3. The van der Waals surface area contributed by atoms with E-state index in [1.165, 1.54) is 12.1 Å². The van der Waals surface area contributed by atoms with E-state index in [4.69, 9.17) is 5.73 Å². The van der Waals surface area contributed by atoms with Crippen LogP contribution in [0.4, 0.5) is 13.2 Å². The van der Waals surface area contributed by atoms with Gasteiger partial charge in [-0.1, -0.05) is 12.1 Å². The van der Waals surface area contributed by atoms with Gasteiger partial charge in [0.25, 0.3) is 0 Å². The van der Waals surface area contributed by atoms with E-state index >= 15 is 0 Å². The zero-order valence-corrected chi connectivity index (χ0v) is 8.50. The quantitative estimate of drug-likeness (QED) is 0.867. The van der Waals surface area contributed by atoms with E-state index in [1.54, 1.807) is 12.1 Å². The Balaban J connectivity index is 2.00. The lowest BCUT2D eigenvalue weighted by atomic mass is 10.1. The van der Waals surface area contributed by atoms with Crippen LogP contribution in [0.25, 0.3) is 0 Å². The molecule has 1 aliphatic carbocycles. The minimum absolute atomic E-state index is 0.179. The second-order valence-electron chi connectivity index (χ2n) is 3.95. The monoisotopic (exact) mass is 231 g/mol. The van der Waals surface area contributed by atoms with Gasteiger partial charge in [0.2, 0.25) is 0 Å². The van der Waals surface area contributed by atoms with Crippen LogP contribution < -0.4 is 10.5 Å². The first-order valence-corrected chi connectivity index (χ1v) is 5.05. The predicted octanol–water partition coefficient (Wildman–Crippen LogP) is 2.65. The van der Waals surface area contributed by atoms with Crippen LogP contribution in [0.1, 0.15) is 17.9 Å². The van der Waals surface area contributed by atoms with E-state index in [9.17, 15) is 13.2 Å². The van der Waals surface area contributed by atoms with Crippen LogP contribution in [0.5, 0.6) is 5.75 Å². The molecule has 0 bridgehead atoms. The molecule has 1 aliphatic rings. The standard InChI is InChI=1S/C11H12F3NO/c12-11(13,14)16-9-3-1-7(2-4-9)10-5-8(10)6-15/h1-4,8,10H,5-6,15H2/t8-,10+/m0/s1. The van der Waals surface area contributed by atoms with Crippen molar-refractivity contribution in [1.29, 1.82) is 0 Å². The van der Waals surface area contributed by atoms with Gasteiger partial charge in [-0.3, -0.25) is 0 Å². The second kappa shape index (κ2) is 3.97. The second-order valence-corrected chi connectivity index (χ2v) is 3.95. The van der Waals surface area contributed by atoms with Crippen molar-refractivity contribution in [2.75, 3.05) is 6.54 Å². The van der Waals surface area contributed by atoms with Crippen molar-refractivity contribution in [1.82, 2.24) is 0 Å². The lowest BCUT2D eigenvalue weighted by Gasteiger charge is -2.09. The molecule has 88 valence electrons. The molecule has 0 aromatic heterocycles. The van der Waals surface area contributed by atoms with Crippen molar-refractivity contribution in [2.24, 2.45) is 11.7 Å². The topological polar surface area (TPSA) is 35.2 Å². The zero-order chi connectivity index (χ0) is 11.8. The highest BCUT2D eigenvalue weighted by atomic mass is 19.4. The van der Waals surface area contributed by atoms with Crippen LogP contribution in [0.15, 0.2) is 24.3 Å². The third-order valence-corrected chi connectivity index (χ3v) is 2.77. The van der Waals surface area contributed by atoms with E-state index < -0.39 is 6.36 Å². The SMILES string of the molecule is NC[C@@H]1C[C@@H]1c1ccc(OC(F)(F)F)cc1. The average molecular weight is 231 g/mol. The fourth-order valence-electron chi connectivity index (χ4n) is 1.83. The van der Waals surface area contributed by atoms with Gasteiger partial charge in [0.05, 0.1) is 0 Å². The Morgan fingerprint density at radius 1 is 1.25 bits per heavy atom. The lowest BCUT2D eigenvalue weighted by Crippen LogP contribution is -2.17. The number of benzene rings is 1. The molecule has 0 heterocycles. The maximum atomic E-state index is 11.9. The number of hydrogen-bond donors (Lipinski definition) is 1. The Hall–Kier alpha value is -1.23. The largest absolute Gasteiger partial charge is 0.573 e. The van der Waals surface area contributed by atoms with E-state index in [-0.39, 0.29) is 5.75 Å². The van der Waals surface area contributed by atoms with Crippen LogP contribution in [0.2, 0.25) is 0 Å². The first kappa shape index (κ1) is 11.3. The van der Waals surface area contributed by atoms with Crippen molar-refractivity contribution >= 4 is 0 Å². The van der Waals surface area contributed by atoms with Gasteiger partial charge in [-0.2, -0.15) is 0 Å². The fraction of sp³-hybridized carbons (Fsp3) is 0.455. The molecule has 0 aliphatic heterocycles. The molecular formula is C11H12F3NO. The maximum Gasteiger partial charge on any atom is 0.573 e. The van der Waals surface area contributed by atoms with Crippen LogP contribution >= 0.6 is 0 Å². The molecule has 5 heteroatoms. The summed E-state index contributed by atoms with van der Waals surface area (Å²) in [5, 5.41) is 0. The van der Waals surface area contributed by atoms with Crippen LogP contribution in [-0.2, 0) is 0 Å². The summed E-state index contributed by atoms with van der Waals surface area (Å²) in [6, 6.07) is 6.02. The fourth-order valence-corrected chi connectivity index (χ4v) is 1.83. The Morgan fingerprint density at radius 2 is 1.88 bits per heavy atom. The summed E-state index contributed by atoms with van der Waals surface area (Å²) in [4.78, 5) is 0. The highest BCUT2D eigenvalue weighted by Crippen LogP contribution is 2.46. The Bertz CT molecular complexity index is 360. The molecule has 1 aromatic rings. The molecule has 2 atom stereocenters. The minimum Gasteiger partial charge on any atom is -0.406 e. The Kier molecular flexibility index (Phi) is 2.80. The van der Waals surface area contributed by atoms with Gasteiger partial charge in [-0.05, 0) is 42.5 Å². The highest BCUT2D eigenvalue weighted by molar-refractivity contribution is 5.32. The summed E-state index contributed by atoms with van der Waals surface area (Å²) in [7, 11) is 0. The van der Waals surface area contributed by atoms with Crippen molar-refractivity contribution in [2.45, 2.75) is 18.7 Å². The molecule has 1 saturated carbocycles. The third-order valence-electron chi connectivity index (χ3n) is 2.77. The molecule has 0 unspecified atom stereocenters. The van der Waals surface area contributed by atoms with Crippen LogP contribution in [0, 0.1) is 5.92 Å². The summed E-state index contributed by atoms with van der Waals surface area (Å²) in [6.45, 7) is 0.630. The Morgan fingerprint density at radius 3 is 2.31 bits per heavy atom. The smallest absolute Gasteiger partial charge is 0.406 e. The van der Waals surface area contributed by atoms with Gasteiger partial charge < -0.3 is 10.5 Å². The van der Waals surface area contributed by atoms with Gasteiger partial charge in [0.15, 0.2) is 0 Å². The number of nitrogens with two attached hydrogens (primary N) is 1. The van der Waals surface area contributed by atoms with Crippen molar-refractivity contribution in [3.63, 3.8) is 0 Å². The van der Waals surface area contributed by atoms with Crippen molar-refractivity contribution in [3.05, 3.63) is 29.8 Å². The molecule has 2 rings (SSSR count). The van der Waals surface area contributed by atoms with Crippen molar-refractivity contribution < 1.29 is 17.9 Å². The summed E-state index contributed by atoms with van der Waals surface area (Å²) >= 11 is 0. The van der Waals surface area contributed by atoms with Crippen LogP contribution in [-0.4, -0.2) is 12.9 Å². The van der Waals surface area contributed by atoms with Gasteiger partial charge in [0.1, 0.15) is 5.75 Å². The summed E-state index contributed by atoms with van der Waals surface area (Å²) in [5.41, 5.74) is 6.53. The maximum absolute atomic E-state index is 11.9. The molecule has 2 nitrogen and oxygen atoms in total. The van der Waals surface area contributed by atoms with Crippen molar-refractivity contribution in [3.8, 4) is 5.75 Å². The van der Waals surface area contributed by atoms with E-state index in [0.29, 0.717) is 18.4 Å². The predicted molar refractivity (Wildman–Crippen MR) is 53.0 cm³/mol. The van der Waals surface area contributed by atoms with E-state index in [1.807, 2.05) is 0 Å². The first-order chi connectivity index (χ1) is 7.49. The zero-order valence-electron chi connectivity index (χ0n) is 8.50. The minimum atomic E-state index is -4.62. The van der Waals surface area contributed by atoms with Gasteiger partial charge in [-0.25, -0.2) is 0 Å². The van der Waals surface area contributed by atoms with Gasteiger partial charge in [0, 0.05) is 0 Å². The normalized spacial score (nSPS) is 24.2. The number of rotatable bonds is 3. The molecule has 2 N–H and O–H groups in total. The summed E-state index contributed by atoms with van der Waals surface area (Å²) < 4.78 is 39.5. The molecule has 1 aromatic carbocycles. The molecule has 0 saturated heterocycles. The third kappa shape index (κ3) is 2.66.